The number of rotatable bonds is 3. The van der Waals surface area contributed by atoms with Crippen molar-refractivity contribution in [2.75, 3.05) is 6.61 Å². The molecule has 122 valence electrons. The number of H-pyrrole nitrogens is 1. The summed E-state index contributed by atoms with van der Waals surface area (Å²) in [4.78, 5) is 44.4. The van der Waals surface area contributed by atoms with Crippen LogP contribution in [0.25, 0.3) is 0 Å². The zero-order valence-electron chi connectivity index (χ0n) is 12.4. The van der Waals surface area contributed by atoms with Gasteiger partial charge in [-0.1, -0.05) is 0 Å². The summed E-state index contributed by atoms with van der Waals surface area (Å²) in [5.74, 6) is 0.336. The van der Waals surface area contributed by atoms with Gasteiger partial charge in [-0.25, -0.2) is 4.79 Å². The second kappa shape index (κ2) is 7.14. The van der Waals surface area contributed by atoms with Crippen LogP contribution in [0.4, 0.5) is 0 Å². The SMILES string of the molecule is Cc1cn([C@@H]2OC[C@](O)(/C=C/P(=O)([O-])O)[C@H]2O)c(=O)[nH]c1=O.[Na+]. The van der Waals surface area contributed by atoms with E-state index >= 15 is 0 Å². The van der Waals surface area contributed by atoms with E-state index in [4.69, 9.17) is 9.63 Å². The van der Waals surface area contributed by atoms with E-state index in [1.807, 2.05) is 4.98 Å². The first-order valence-corrected chi connectivity index (χ1v) is 7.76. The van der Waals surface area contributed by atoms with E-state index in [1.165, 1.54) is 6.92 Å². The van der Waals surface area contributed by atoms with E-state index in [9.17, 15) is 29.3 Å². The molecule has 1 saturated heterocycles. The number of aromatic nitrogens is 2. The first-order valence-electron chi connectivity index (χ1n) is 6.11. The molecule has 0 saturated carbocycles. The number of aryl methyl sites for hydroxylation is 1. The fourth-order valence-electron chi connectivity index (χ4n) is 2.02. The van der Waals surface area contributed by atoms with Gasteiger partial charge in [0, 0.05) is 11.8 Å². The molecular formula is C11H14N2NaO8P. The van der Waals surface area contributed by atoms with Crippen molar-refractivity contribution < 1.29 is 58.9 Å². The molecule has 0 amide bonds. The van der Waals surface area contributed by atoms with Crippen molar-refractivity contribution in [1.82, 2.24) is 9.55 Å². The summed E-state index contributed by atoms with van der Waals surface area (Å²) in [6.07, 6.45) is -1.20. The van der Waals surface area contributed by atoms with Gasteiger partial charge in [-0.2, -0.15) is 0 Å². The van der Waals surface area contributed by atoms with Gasteiger partial charge < -0.3 is 29.3 Å². The first-order chi connectivity index (χ1) is 10.0. The van der Waals surface area contributed by atoms with E-state index in [-0.39, 0.29) is 35.1 Å². The quantitative estimate of drug-likeness (QED) is 0.308. The van der Waals surface area contributed by atoms with E-state index in [0.29, 0.717) is 11.9 Å². The molecule has 0 radical (unpaired) electrons. The van der Waals surface area contributed by atoms with Crippen LogP contribution in [0.5, 0.6) is 0 Å². The average molecular weight is 356 g/mol. The Morgan fingerprint density at radius 1 is 1.57 bits per heavy atom. The standard InChI is InChI=1S/C11H15N2O8P.Na/c1-6-4-13(10(16)12-8(6)15)9-7(14)11(17,5-21-9)2-3-22(18,19)20;/h2-4,7,9,14,17H,5H2,1H3,(H,12,15,16)(H2,18,19,20);/q;+1/p-1/b3-2+;/t7-,9+,11+;/m0./s1. The number of nitrogens with zero attached hydrogens (tertiary/aromatic N) is 1. The Labute approximate surface area is 151 Å². The molecule has 1 aliphatic heterocycles. The minimum atomic E-state index is -4.78. The molecule has 0 aromatic carbocycles. The molecule has 1 aliphatic rings. The van der Waals surface area contributed by atoms with Crippen molar-refractivity contribution in [3.05, 3.63) is 44.5 Å². The van der Waals surface area contributed by atoms with Crippen LogP contribution >= 0.6 is 7.60 Å². The number of hydrogen-bond donors (Lipinski definition) is 4. The van der Waals surface area contributed by atoms with E-state index < -0.39 is 43.4 Å². The molecule has 0 spiro atoms. The normalized spacial score (nSPS) is 30.1. The molecule has 0 aliphatic carbocycles. The predicted molar refractivity (Wildman–Crippen MR) is 71.0 cm³/mol. The predicted octanol–water partition coefficient (Wildman–Crippen LogP) is -5.47. The van der Waals surface area contributed by atoms with Crippen LogP contribution in [0.2, 0.25) is 0 Å². The van der Waals surface area contributed by atoms with E-state index in [0.717, 1.165) is 10.8 Å². The van der Waals surface area contributed by atoms with Gasteiger partial charge in [0.05, 0.1) is 6.61 Å². The molecule has 1 aromatic rings. The van der Waals surface area contributed by atoms with E-state index in [2.05, 4.69) is 0 Å². The fourth-order valence-corrected chi connectivity index (χ4v) is 2.47. The zero-order valence-corrected chi connectivity index (χ0v) is 15.3. The van der Waals surface area contributed by atoms with Crippen molar-refractivity contribution >= 4 is 7.60 Å². The molecule has 1 fully saturated rings. The molecule has 23 heavy (non-hydrogen) atoms. The molecule has 1 unspecified atom stereocenters. The van der Waals surface area contributed by atoms with Gasteiger partial charge in [0.25, 0.3) is 5.56 Å². The molecule has 0 bridgehead atoms. The number of nitrogens with one attached hydrogen (secondary N) is 1. The second-order valence-electron chi connectivity index (χ2n) is 5.00. The largest absolute Gasteiger partial charge is 1.00 e. The maximum atomic E-state index is 11.7. The molecule has 12 heteroatoms. The Bertz CT molecular complexity index is 768. The van der Waals surface area contributed by atoms with Gasteiger partial charge in [0.1, 0.15) is 11.7 Å². The number of aliphatic hydroxyl groups excluding tert-OH is 1. The Morgan fingerprint density at radius 3 is 2.74 bits per heavy atom. The van der Waals surface area contributed by atoms with Crippen molar-refractivity contribution in [1.29, 1.82) is 0 Å². The Morgan fingerprint density at radius 2 is 2.17 bits per heavy atom. The van der Waals surface area contributed by atoms with Gasteiger partial charge >= 0.3 is 35.2 Å². The van der Waals surface area contributed by atoms with Crippen LogP contribution in [0.1, 0.15) is 11.8 Å². The smallest absolute Gasteiger partial charge is 0.776 e. The van der Waals surface area contributed by atoms with Crippen molar-refractivity contribution in [2.24, 2.45) is 0 Å². The summed E-state index contributed by atoms with van der Waals surface area (Å²) < 4.78 is 16.7. The van der Waals surface area contributed by atoms with Crippen LogP contribution in [0.15, 0.2) is 27.7 Å². The van der Waals surface area contributed by atoms with Crippen molar-refractivity contribution in [2.45, 2.75) is 24.9 Å². The van der Waals surface area contributed by atoms with Gasteiger partial charge in [0.2, 0.25) is 0 Å². The maximum absolute atomic E-state index is 11.7. The summed E-state index contributed by atoms with van der Waals surface area (Å²) in [6, 6.07) is 0. The second-order valence-corrected chi connectivity index (χ2v) is 6.42. The molecule has 4 N–H and O–H groups in total. The molecule has 2 rings (SSSR count). The van der Waals surface area contributed by atoms with Crippen LogP contribution in [-0.2, 0) is 9.30 Å². The van der Waals surface area contributed by atoms with Crippen molar-refractivity contribution in [3.8, 4) is 0 Å². The summed E-state index contributed by atoms with van der Waals surface area (Å²) in [7, 11) is -4.78. The zero-order chi connectivity index (χ0) is 16.7. The Hall–Kier alpha value is -0.550. The molecule has 2 heterocycles. The number of aromatic amines is 1. The topological polar surface area (TPSA) is 165 Å². The summed E-state index contributed by atoms with van der Waals surface area (Å²) in [5.41, 5.74) is -3.39. The number of ether oxygens (including phenoxy) is 1. The van der Waals surface area contributed by atoms with Gasteiger partial charge in [-0.3, -0.25) is 14.3 Å². The van der Waals surface area contributed by atoms with Crippen LogP contribution in [0.3, 0.4) is 0 Å². The molecule has 4 atom stereocenters. The summed E-state index contributed by atoms with van der Waals surface area (Å²) in [5, 5.41) is 20.2. The third-order valence-electron chi connectivity index (χ3n) is 3.24. The summed E-state index contributed by atoms with van der Waals surface area (Å²) >= 11 is 0. The Balaban J connectivity index is 0.00000264. The van der Waals surface area contributed by atoms with E-state index in [1.54, 1.807) is 0 Å². The molecule has 10 nitrogen and oxygen atoms in total. The van der Waals surface area contributed by atoms with Gasteiger partial charge in [-0.15, -0.1) is 0 Å². The third kappa shape index (κ3) is 4.50. The Kier molecular flexibility index (Phi) is 6.36. The minimum Gasteiger partial charge on any atom is -0.776 e. The number of aliphatic hydroxyl groups is 2. The minimum absolute atomic E-state index is 0. The average Bonchev–Trinajstić information content (AvgIpc) is 2.69. The van der Waals surface area contributed by atoms with Crippen molar-refractivity contribution in [3.63, 3.8) is 0 Å². The molecular weight excluding hydrogens is 342 g/mol. The van der Waals surface area contributed by atoms with Crippen LogP contribution in [-0.4, -0.2) is 43.0 Å². The number of hydrogen-bond acceptors (Lipinski definition) is 7. The van der Waals surface area contributed by atoms with Crippen LogP contribution in [0, 0.1) is 6.92 Å². The third-order valence-corrected chi connectivity index (χ3v) is 3.76. The van der Waals surface area contributed by atoms with Crippen LogP contribution < -0.4 is 45.7 Å². The first kappa shape index (κ1) is 20.5. The maximum Gasteiger partial charge on any atom is 1.00 e. The molecule has 1 aromatic heterocycles. The fraction of sp³-hybridized carbons (Fsp3) is 0.455. The summed E-state index contributed by atoms with van der Waals surface area (Å²) in [6.45, 7) is 0.918. The van der Waals surface area contributed by atoms with Gasteiger partial charge in [-0.05, 0) is 18.8 Å². The monoisotopic (exact) mass is 356 g/mol. The van der Waals surface area contributed by atoms with Gasteiger partial charge in [0.15, 0.2) is 13.8 Å².